The molecule has 1 aromatic rings. The summed E-state index contributed by atoms with van der Waals surface area (Å²) in [6.07, 6.45) is 1.35. The quantitative estimate of drug-likeness (QED) is 0.792. The number of aromatic nitrogens is 1. The number of nitrogens with zero attached hydrogens (tertiary/aromatic N) is 2. The molecule has 1 unspecified atom stereocenters. The van der Waals surface area contributed by atoms with Crippen LogP contribution in [0.4, 0.5) is 10.2 Å². The molecule has 1 aliphatic rings. The zero-order valence-electron chi connectivity index (χ0n) is 8.99. The molecule has 0 aromatic carbocycles. The highest BCUT2D eigenvalue weighted by molar-refractivity contribution is 6.30. The minimum atomic E-state index is -0.591. The molecular weight excluding hydrogens is 247 g/mol. The molecule has 17 heavy (non-hydrogen) atoms. The van der Waals surface area contributed by atoms with Gasteiger partial charge < -0.3 is 16.0 Å². The summed E-state index contributed by atoms with van der Waals surface area (Å²) in [5.74, 6) is -0.946. The van der Waals surface area contributed by atoms with E-state index >= 15 is 0 Å². The Bertz CT molecular complexity index is 442. The Morgan fingerprint density at radius 3 is 3.12 bits per heavy atom. The molecule has 1 saturated heterocycles. The molecule has 0 aliphatic carbocycles. The largest absolute Gasteiger partial charge is 0.368 e. The highest BCUT2D eigenvalue weighted by atomic mass is 35.5. The molecule has 0 bridgehead atoms. The summed E-state index contributed by atoms with van der Waals surface area (Å²) in [6.45, 7) is 1.51. The van der Waals surface area contributed by atoms with Gasteiger partial charge in [0.05, 0.1) is 5.02 Å². The maximum atomic E-state index is 13.7. The number of pyridine rings is 1. The predicted molar refractivity (Wildman–Crippen MR) is 62.4 cm³/mol. The summed E-state index contributed by atoms with van der Waals surface area (Å²) in [7, 11) is 0. The van der Waals surface area contributed by atoms with Crippen LogP contribution in [0.5, 0.6) is 0 Å². The molecule has 5 nitrogen and oxygen atoms in total. The molecule has 0 saturated carbocycles. The van der Waals surface area contributed by atoms with Crippen molar-refractivity contribution in [1.29, 1.82) is 0 Å². The molecule has 0 spiro atoms. The number of nitrogens with two attached hydrogens (primary N) is 1. The van der Waals surface area contributed by atoms with E-state index in [1.807, 2.05) is 0 Å². The Balaban J connectivity index is 2.32. The van der Waals surface area contributed by atoms with Gasteiger partial charge in [0.15, 0.2) is 11.6 Å². The van der Waals surface area contributed by atoms with Crippen molar-refractivity contribution < 1.29 is 9.18 Å². The van der Waals surface area contributed by atoms with Gasteiger partial charge in [0, 0.05) is 25.8 Å². The van der Waals surface area contributed by atoms with Gasteiger partial charge in [0.2, 0.25) is 5.91 Å². The molecule has 2 rings (SSSR count). The number of piperazine rings is 1. The minimum Gasteiger partial charge on any atom is -0.368 e. The summed E-state index contributed by atoms with van der Waals surface area (Å²) >= 11 is 5.63. The predicted octanol–water partition coefficient (Wildman–Crippen LogP) is 0.138. The van der Waals surface area contributed by atoms with E-state index in [2.05, 4.69) is 10.3 Å². The van der Waals surface area contributed by atoms with Crippen LogP contribution in [0.15, 0.2) is 12.3 Å². The van der Waals surface area contributed by atoms with Gasteiger partial charge in [0.1, 0.15) is 6.04 Å². The fraction of sp³-hybridized carbons (Fsp3) is 0.400. The third kappa shape index (κ3) is 2.48. The number of rotatable bonds is 2. The lowest BCUT2D eigenvalue weighted by Crippen LogP contribution is -2.57. The Hall–Kier alpha value is -1.40. The van der Waals surface area contributed by atoms with Crippen molar-refractivity contribution in [2.24, 2.45) is 5.73 Å². The Labute approximate surface area is 103 Å². The van der Waals surface area contributed by atoms with Crippen molar-refractivity contribution in [2.45, 2.75) is 6.04 Å². The number of hydrogen-bond acceptors (Lipinski definition) is 4. The Morgan fingerprint density at radius 1 is 1.71 bits per heavy atom. The molecular formula is C10H12ClFN4O. The monoisotopic (exact) mass is 258 g/mol. The van der Waals surface area contributed by atoms with E-state index in [1.54, 1.807) is 4.90 Å². The van der Waals surface area contributed by atoms with Crippen molar-refractivity contribution >= 4 is 23.3 Å². The number of carbonyl (C=O) groups is 1. The van der Waals surface area contributed by atoms with E-state index in [0.29, 0.717) is 19.6 Å². The number of hydrogen-bond donors (Lipinski definition) is 2. The van der Waals surface area contributed by atoms with Gasteiger partial charge >= 0.3 is 0 Å². The van der Waals surface area contributed by atoms with Crippen LogP contribution in [0.25, 0.3) is 0 Å². The Kier molecular flexibility index (Phi) is 3.44. The van der Waals surface area contributed by atoms with Gasteiger partial charge in [-0.3, -0.25) is 4.79 Å². The summed E-state index contributed by atoms with van der Waals surface area (Å²) < 4.78 is 13.7. The lowest BCUT2D eigenvalue weighted by atomic mass is 10.2. The fourth-order valence-corrected chi connectivity index (χ4v) is 1.98. The smallest absolute Gasteiger partial charge is 0.241 e. The first-order valence-corrected chi connectivity index (χ1v) is 5.55. The number of anilines is 1. The molecule has 92 valence electrons. The van der Waals surface area contributed by atoms with E-state index in [4.69, 9.17) is 17.3 Å². The van der Waals surface area contributed by atoms with Gasteiger partial charge in [-0.2, -0.15) is 0 Å². The lowest BCUT2D eigenvalue weighted by Gasteiger charge is -2.35. The lowest BCUT2D eigenvalue weighted by molar-refractivity contribution is -0.119. The molecule has 7 heteroatoms. The van der Waals surface area contributed by atoms with Gasteiger partial charge in [-0.1, -0.05) is 11.6 Å². The average Bonchev–Trinajstić information content (AvgIpc) is 2.29. The molecule has 3 N–H and O–H groups in total. The number of primary amides is 1. The van der Waals surface area contributed by atoms with E-state index in [0.717, 1.165) is 0 Å². The van der Waals surface area contributed by atoms with Crippen molar-refractivity contribution in [3.8, 4) is 0 Å². The van der Waals surface area contributed by atoms with E-state index in [-0.39, 0.29) is 10.8 Å². The summed E-state index contributed by atoms with van der Waals surface area (Å²) in [4.78, 5) is 16.8. The van der Waals surface area contributed by atoms with Crippen LogP contribution in [0.2, 0.25) is 5.02 Å². The molecule has 2 heterocycles. The van der Waals surface area contributed by atoms with Gasteiger partial charge in [0.25, 0.3) is 0 Å². The standard InChI is InChI=1S/C10H12ClFN4O/c11-6-3-7(12)10(15-4-6)16-2-1-14-5-8(16)9(13)17/h3-4,8,14H,1-2,5H2,(H2,13,17). The molecule has 1 atom stereocenters. The van der Waals surface area contributed by atoms with Crippen molar-refractivity contribution in [2.75, 3.05) is 24.5 Å². The van der Waals surface area contributed by atoms with Crippen LogP contribution in [-0.2, 0) is 4.79 Å². The first-order chi connectivity index (χ1) is 8.09. The SMILES string of the molecule is NC(=O)C1CNCCN1c1ncc(Cl)cc1F. The second kappa shape index (κ2) is 4.85. The number of carbonyl (C=O) groups excluding carboxylic acids is 1. The summed E-state index contributed by atoms with van der Waals surface area (Å²) in [6, 6.07) is 0.580. The van der Waals surface area contributed by atoms with E-state index < -0.39 is 17.8 Å². The molecule has 1 amide bonds. The summed E-state index contributed by atoms with van der Waals surface area (Å²) in [5.41, 5.74) is 5.28. The fourth-order valence-electron chi connectivity index (χ4n) is 1.83. The molecule has 1 aliphatic heterocycles. The maximum absolute atomic E-state index is 13.7. The first-order valence-electron chi connectivity index (χ1n) is 5.17. The Morgan fingerprint density at radius 2 is 2.47 bits per heavy atom. The van der Waals surface area contributed by atoms with Crippen LogP contribution >= 0.6 is 11.6 Å². The molecule has 0 radical (unpaired) electrons. The van der Waals surface area contributed by atoms with Crippen molar-refractivity contribution in [1.82, 2.24) is 10.3 Å². The molecule has 1 fully saturated rings. The zero-order valence-corrected chi connectivity index (χ0v) is 9.75. The maximum Gasteiger partial charge on any atom is 0.241 e. The van der Waals surface area contributed by atoms with Gasteiger partial charge in [-0.15, -0.1) is 0 Å². The first kappa shape index (κ1) is 12.1. The van der Waals surface area contributed by atoms with Crippen LogP contribution < -0.4 is 16.0 Å². The number of amides is 1. The second-order valence-electron chi connectivity index (χ2n) is 3.77. The van der Waals surface area contributed by atoms with Crippen LogP contribution in [0, 0.1) is 5.82 Å². The van der Waals surface area contributed by atoms with Crippen molar-refractivity contribution in [3.63, 3.8) is 0 Å². The van der Waals surface area contributed by atoms with E-state index in [9.17, 15) is 9.18 Å². The van der Waals surface area contributed by atoms with Crippen LogP contribution in [0.1, 0.15) is 0 Å². The van der Waals surface area contributed by atoms with Gasteiger partial charge in [-0.05, 0) is 6.07 Å². The highest BCUT2D eigenvalue weighted by Gasteiger charge is 2.29. The third-order valence-corrected chi connectivity index (χ3v) is 2.84. The van der Waals surface area contributed by atoms with Crippen LogP contribution in [-0.4, -0.2) is 36.6 Å². The normalized spacial score (nSPS) is 20.4. The minimum absolute atomic E-state index is 0.111. The third-order valence-electron chi connectivity index (χ3n) is 2.63. The van der Waals surface area contributed by atoms with Crippen molar-refractivity contribution in [3.05, 3.63) is 23.1 Å². The van der Waals surface area contributed by atoms with E-state index in [1.165, 1.54) is 12.3 Å². The average molecular weight is 259 g/mol. The van der Waals surface area contributed by atoms with Crippen LogP contribution in [0.3, 0.4) is 0 Å². The zero-order chi connectivity index (χ0) is 12.4. The second-order valence-corrected chi connectivity index (χ2v) is 4.21. The number of nitrogens with one attached hydrogen (secondary N) is 1. The number of halogens is 2. The van der Waals surface area contributed by atoms with Gasteiger partial charge in [-0.25, -0.2) is 9.37 Å². The highest BCUT2D eigenvalue weighted by Crippen LogP contribution is 2.22. The summed E-state index contributed by atoms with van der Waals surface area (Å²) in [5, 5.41) is 3.25. The molecule has 1 aromatic heterocycles. The topological polar surface area (TPSA) is 71.2 Å².